The third-order valence-electron chi connectivity index (χ3n) is 4.00. The van der Waals surface area contributed by atoms with Crippen molar-refractivity contribution in [1.29, 1.82) is 0 Å². The summed E-state index contributed by atoms with van der Waals surface area (Å²) in [6.07, 6.45) is 3.50. The fourth-order valence-electron chi connectivity index (χ4n) is 2.52. The van der Waals surface area contributed by atoms with Crippen LogP contribution in [0.4, 0.5) is 0 Å². The van der Waals surface area contributed by atoms with Gasteiger partial charge in [0.1, 0.15) is 5.75 Å². The quantitative estimate of drug-likeness (QED) is 0.757. The van der Waals surface area contributed by atoms with Gasteiger partial charge in [0.2, 0.25) is 0 Å². The lowest BCUT2D eigenvalue weighted by molar-refractivity contribution is 0.255. The summed E-state index contributed by atoms with van der Waals surface area (Å²) in [4.78, 5) is 0. The molecule has 0 saturated heterocycles. The summed E-state index contributed by atoms with van der Waals surface area (Å²) in [6.45, 7) is 3.48. The Hall–Kier alpha value is -1.06. The molecule has 0 spiro atoms. The highest BCUT2D eigenvalue weighted by atomic mass is 16.5. The molecule has 2 N–H and O–H groups in total. The minimum atomic E-state index is 0.283. The molecule has 1 fully saturated rings. The van der Waals surface area contributed by atoms with Crippen molar-refractivity contribution >= 4 is 0 Å². The van der Waals surface area contributed by atoms with Crippen LogP contribution in [0.3, 0.4) is 0 Å². The van der Waals surface area contributed by atoms with Gasteiger partial charge >= 0.3 is 0 Å². The summed E-state index contributed by atoms with van der Waals surface area (Å²) < 4.78 is 5.18. The number of aliphatic hydroxyl groups excluding tert-OH is 1. The van der Waals surface area contributed by atoms with Gasteiger partial charge in [-0.05, 0) is 48.8 Å². The standard InChI is InChI=1S/C16H25NO2/c1-12(13-5-7-15(19-2)8-6-13)11-17-16(9-10-18)14-3-4-14/h5-8,12,14,16-18H,3-4,9-11H2,1-2H3. The molecule has 0 heterocycles. The van der Waals surface area contributed by atoms with E-state index >= 15 is 0 Å². The van der Waals surface area contributed by atoms with Crippen molar-refractivity contribution in [2.75, 3.05) is 20.3 Å². The van der Waals surface area contributed by atoms with E-state index in [9.17, 15) is 0 Å². The van der Waals surface area contributed by atoms with Crippen molar-refractivity contribution in [3.05, 3.63) is 29.8 Å². The first-order chi connectivity index (χ1) is 9.24. The van der Waals surface area contributed by atoms with Gasteiger partial charge < -0.3 is 15.2 Å². The molecule has 1 aromatic carbocycles. The first-order valence-corrected chi connectivity index (χ1v) is 7.22. The zero-order valence-corrected chi connectivity index (χ0v) is 11.9. The number of rotatable bonds is 8. The van der Waals surface area contributed by atoms with Gasteiger partial charge in [-0.1, -0.05) is 19.1 Å². The second-order valence-corrected chi connectivity index (χ2v) is 5.54. The van der Waals surface area contributed by atoms with Crippen LogP contribution < -0.4 is 10.1 Å². The van der Waals surface area contributed by atoms with Crippen LogP contribution in [0.25, 0.3) is 0 Å². The predicted octanol–water partition coefficient (Wildman–Crippen LogP) is 2.55. The Morgan fingerprint density at radius 1 is 1.32 bits per heavy atom. The Balaban J connectivity index is 1.83. The highest BCUT2D eigenvalue weighted by Gasteiger charge is 2.30. The summed E-state index contributed by atoms with van der Waals surface area (Å²) >= 11 is 0. The molecule has 1 aliphatic rings. The molecule has 2 unspecified atom stereocenters. The van der Waals surface area contributed by atoms with Crippen LogP contribution in [0, 0.1) is 5.92 Å². The van der Waals surface area contributed by atoms with Gasteiger partial charge in [0.15, 0.2) is 0 Å². The van der Waals surface area contributed by atoms with Crippen molar-refractivity contribution in [1.82, 2.24) is 5.32 Å². The lowest BCUT2D eigenvalue weighted by Gasteiger charge is -2.20. The van der Waals surface area contributed by atoms with Crippen LogP contribution in [-0.4, -0.2) is 31.4 Å². The molecule has 0 aromatic heterocycles. The fraction of sp³-hybridized carbons (Fsp3) is 0.625. The number of nitrogens with one attached hydrogen (secondary N) is 1. The maximum Gasteiger partial charge on any atom is 0.118 e. The van der Waals surface area contributed by atoms with Gasteiger partial charge in [-0.2, -0.15) is 0 Å². The zero-order chi connectivity index (χ0) is 13.7. The average Bonchev–Trinajstić information content (AvgIpc) is 3.27. The van der Waals surface area contributed by atoms with Crippen molar-refractivity contribution in [2.24, 2.45) is 5.92 Å². The van der Waals surface area contributed by atoms with Crippen LogP contribution >= 0.6 is 0 Å². The third-order valence-corrected chi connectivity index (χ3v) is 4.00. The van der Waals surface area contributed by atoms with Gasteiger partial charge in [-0.25, -0.2) is 0 Å². The van der Waals surface area contributed by atoms with E-state index in [1.807, 2.05) is 12.1 Å². The molecule has 19 heavy (non-hydrogen) atoms. The monoisotopic (exact) mass is 263 g/mol. The van der Waals surface area contributed by atoms with E-state index in [4.69, 9.17) is 9.84 Å². The first kappa shape index (κ1) is 14.4. The molecular formula is C16H25NO2. The van der Waals surface area contributed by atoms with Crippen LogP contribution in [0.1, 0.15) is 37.7 Å². The molecule has 2 atom stereocenters. The number of hydrogen-bond acceptors (Lipinski definition) is 3. The lowest BCUT2D eigenvalue weighted by Crippen LogP contribution is -2.34. The number of hydrogen-bond donors (Lipinski definition) is 2. The number of ether oxygens (including phenoxy) is 1. The molecule has 1 saturated carbocycles. The van der Waals surface area contributed by atoms with E-state index in [2.05, 4.69) is 24.4 Å². The Bertz CT molecular complexity index is 373. The Morgan fingerprint density at radius 2 is 2.00 bits per heavy atom. The number of aliphatic hydroxyl groups is 1. The van der Waals surface area contributed by atoms with Crippen molar-refractivity contribution in [2.45, 2.75) is 38.1 Å². The normalized spacial score (nSPS) is 18.1. The molecule has 106 valence electrons. The van der Waals surface area contributed by atoms with Gasteiger partial charge in [-0.3, -0.25) is 0 Å². The molecule has 1 aliphatic carbocycles. The van der Waals surface area contributed by atoms with Crippen LogP contribution in [0.2, 0.25) is 0 Å². The van der Waals surface area contributed by atoms with Gasteiger partial charge in [0, 0.05) is 19.2 Å². The average molecular weight is 263 g/mol. The number of methoxy groups -OCH3 is 1. The molecule has 0 bridgehead atoms. The topological polar surface area (TPSA) is 41.5 Å². The summed E-state index contributed by atoms with van der Waals surface area (Å²) in [5.41, 5.74) is 1.33. The summed E-state index contributed by atoms with van der Waals surface area (Å²) in [7, 11) is 1.69. The van der Waals surface area contributed by atoms with E-state index in [1.165, 1.54) is 18.4 Å². The summed E-state index contributed by atoms with van der Waals surface area (Å²) in [5, 5.41) is 12.7. The predicted molar refractivity (Wildman–Crippen MR) is 77.6 cm³/mol. The van der Waals surface area contributed by atoms with Crippen LogP contribution in [-0.2, 0) is 0 Å². The molecule has 3 nitrogen and oxygen atoms in total. The molecular weight excluding hydrogens is 238 g/mol. The zero-order valence-electron chi connectivity index (χ0n) is 11.9. The maximum absolute atomic E-state index is 9.10. The van der Waals surface area contributed by atoms with Gasteiger partial charge in [0.25, 0.3) is 0 Å². The highest BCUT2D eigenvalue weighted by molar-refractivity contribution is 5.29. The number of benzene rings is 1. The first-order valence-electron chi connectivity index (χ1n) is 7.22. The Labute approximate surface area is 116 Å². The summed E-state index contributed by atoms with van der Waals surface area (Å²) in [6, 6.07) is 8.77. The van der Waals surface area contributed by atoms with E-state index < -0.39 is 0 Å². The molecule has 0 radical (unpaired) electrons. The second kappa shape index (κ2) is 6.92. The molecule has 1 aromatic rings. The second-order valence-electron chi connectivity index (χ2n) is 5.54. The minimum absolute atomic E-state index is 0.283. The van der Waals surface area contributed by atoms with E-state index in [0.717, 1.165) is 24.6 Å². The smallest absolute Gasteiger partial charge is 0.118 e. The van der Waals surface area contributed by atoms with Crippen LogP contribution in [0.15, 0.2) is 24.3 Å². The third kappa shape index (κ3) is 4.22. The van der Waals surface area contributed by atoms with Crippen LogP contribution in [0.5, 0.6) is 5.75 Å². The minimum Gasteiger partial charge on any atom is -0.497 e. The maximum atomic E-state index is 9.10. The lowest BCUT2D eigenvalue weighted by atomic mass is 10.00. The SMILES string of the molecule is COc1ccc(C(C)CNC(CCO)C2CC2)cc1. The van der Waals surface area contributed by atoms with Crippen molar-refractivity contribution < 1.29 is 9.84 Å². The van der Waals surface area contributed by atoms with E-state index in [0.29, 0.717) is 12.0 Å². The largest absolute Gasteiger partial charge is 0.497 e. The fourth-order valence-corrected chi connectivity index (χ4v) is 2.52. The summed E-state index contributed by atoms with van der Waals surface area (Å²) in [5.74, 6) is 2.17. The Morgan fingerprint density at radius 3 is 2.53 bits per heavy atom. The molecule has 0 amide bonds. The molecule has 3 heteroatoms. The Kier molecular flexibility index (Phi) is 5.23. The highest BCUT2D eigenvalue weighted by Crippen LogP contribution is 2.34. The molecule has 0 aliphatic heterocycles. The van der Waals surface area contributed by atoms with E-state index in [1.54, 1.807) is 7.11 Å². The van der Waals surface area contributed by atoms with Crippen molar-refractivity contribution in [3.8, 4) is 5.75 Å². The van der Waals surface area contributed by atoms with E-state index in [-0.39, 0.29) is 6.61 Å². The van der Waals surface area contributed by atoms with Crippen molar-refractivity contribution in [3.63, 3.8) is 0 Å². The molecule has 2 rings (SSSR count). The van der Waals surface area contributed by atoms with Gasteiger partial charge in [-0.15, -0.1) is 0 Å². The van der Waals surface area contributed by atoms with Gasteiger partial charge in [0.05, 0.1) is 7.11 Å².